The second-order valence-corrected chi connectivity index (χ2v) is 5.92. The van der Waals surface area contributed by atoms with Crippen molar-refractivity contribution in [2.24, 2.45) is 11.7 Å². The first-order valence-electron chi connectivity index (χ1n) is 7.48. The van der Waals surface area contributed by atoms with Crippen molar-refractivity contribution in [1.29, 1.82) is 0 Å². The van der Waals surface area contributed by atoms with Gasteiger partial charge < -0.3 is 10.6 Å². The molecule has 1 atom stereocenters. The number of likely N-dealkylation sites (N-methyl/N-ethyl adjacent to an activating group) is 1. The number of rotatable bonds is 5. The van der Waals surface area contributed by atoms with E-state index in [2.05, 4.69) is 36.4 Å². The van der Waals surface area contributed by atoms with Crippen LogP contribution in [0.5, 0.6) is 0 Å². The first-order valence-corrected chi connectivity index (χ1v) is 7.48. The second kappa shape index (κ2) is 6.72. The Bertz CT molecular complexity index is 616. The van der Waals surface area contributed by atoms with Gasteiger partial charge in [0, 0.05) is 13.6 Å². The van der Waals surface area contributed by atoms with Crippen LogP contribution in [0.4, 0.5) is 0 Å². The lowest BCUT2D eigenvalue weighted by molar-refractivity contribution is -0.132. The zero-order valence-electron chi connectivity index (χ0n) is 13.0. The zero-order valence-corrected chi connectivity index (χ0v) is 13.0. The van der Waals surface area contributed by atoms with Crippen molar-refractivity contribution in [2.75, 3.05) is 13.6 Å². The number of benzene rings is 2. The number of nitrogens with two attached hydrogens (primary N) is 1. The minimum absolute atomic E-state index is 0.0187. The quantitative estimate of drug-likeness (QED) is 0.917. The van der Waals surface area contributed by atoms with Crippen LogP contribution < -0.4 is 5.73 Å². The van der Waals surface area contributed by atoms with E-state index in [0.717, 1.165) is 6.42 Å². The molecule has 0 bridgehead atoms. The van der Waals surface area contributed by atoms with Crippen molar-refractivity contribution >= 4 is 16.7 Å². The fourth-order valence-electron chi connectivity index (χ4n) is 2.45. The lowest BCUT2D eigenvalue weighted by Crippen LogP contribution is -2.45. The first-order chi connectivity index (χ1) is 10.0. The number of amides is 1. The summed E-state index contributed by atoms with van der Waals surface area (Å²) < 4.78 is 0. The molecular formula is C18H24N2O. The monoisotopic (exact) mass is 284 g/mol. The Morgan fingerprint density at radius 2 is 1.81 bits per heavy atom. The molecule has 0 aromatic heterocycles. The molecule has 0 fully saturated rings. The normalized spacial score (nSPS) is 12.6. The van der Waals surface area contributed by atoms with Gasteiger partial charge in [-0.1, -0.05) is 56.3 Å². The standard InChI is InChI=1S/C18H24N2O/c1-13(2)17(19)18(21)20(3)12-11-15-9-6-8-14-7-4-5-10-16(14)15/h4-10,13,17H,11-12,19H2,1-3H3/t17-/m0/s1. The molecule has 2 N–H and O–H groups in total. The van der Waals surface area contributed by atoms with Crippen molar-refractivity contribution in [1.82, 2.24) is 4.90 Å². The summed E-state index contributed by atoms with van der Waals surface area (Å²) in [7, 11) is 1.83. The minimum atomic E-state index is -0.414. The van der Waals surface area contributed by atoms with Crippen molar-refractivity contribution in [3.8, 4) is 0 Å². The molecule has 0 aliphatic rings. The van der Waals surface area contributed by atoms with E-state index in [1.165, 1.54) is 16.3 Å². The summed E-state index contributed by atoms with van der Waals surface area (Å²) in [4.78, 5) is 13.9. The molecule has 0 aliphatic carbocycles. The maximum Gasteiger partial charge on any atom is 0.239 e. The summed E-state index contributed by atoms with van der Waals surface area (Å²) in [5, 5.41) is 2.50. The molecule has 0 saturated carbocycles. The van der Waals surface area contributed by atoms with Gasteiger partial charge in [0.2, 0.25) is 5.91 Å². The summed E-state index contributed by atoms with van der Waals surface area (Å²) in [6.45, 7) is 4.63. The highest BCUT2D eigenvalue weighted by atomic mass is 16.2. The highest BCUT2D eigenvalue weighted by molar-refractivity contribution is 5.86. The summed E-state index contributed by atoms with van der Waals surface area (Å²) in [6.07, 6.45) is 0.842. The van der Waals surface area contributed by atoms with Crippen molar-refractivity contribution < 1.29 is 4.79 Å². The van der Waals surface area contributed by atoms with E-state index >= 15 is 0 Å². The smallest absolute Gasteiger partial charge is 0.239 e. The molecule has 0 heterocycles. The van der Waals surface area contributed by atoms with Crippen LogP contribution in [0.25, 0.3) is 10.8 Å². The topological polar surface area (TPSA) is 46.3 Å². The average molecular weight is 284 g/mol. The van der Waals surface area contributed by atoms with Gasteiger partial charge in [-0.25, -0.2) is 0 Å². The molecule has 112 valence electrons. The van der Waals surface area contributed by atoms with Gasteiger partial charge in [0.25, 0.3) is 0 Å². The molecule has 2 aromatic carbocycles. The van der Waals surface area contributed by atoms with Gasteiger partial charge in [0.1, 0.15) is 0 Å². The van der Waals surface area contributed by atoms with E-state index in [-0.39, 0.29) is 11.8 Å². The highest BCUT2D eigenvalue weighted by Gasteiger charge is 2.20. The van der Waals surface area contributed by atoms with E-state index in [4.69, 9.17) is 5.73 Å². The summed E-state index contributed by atoms with van der Waals surface area (Å²) in [5.74, 6) is 0.183. The van der Waals surface area contributed by atoms with Gasteiger partial charge in [-0.3, -0.25) is 4.79 Å². The molecular weight excluding hydrogens is 260 g/mol. The Labute approximate surface area is 126 Å². The van der Waals surface area contributed by atoms with E-state index < -0.39 is 6.04 Å². The van der Waals surface area contributed by atoms with Crippen LogP contribution in [0.3, 0.4) is 0 Å². The first kappa shape index (κ1) is 15.5. The third-order valence-electron chi connectivity index (χ3n) is 3.98. The molecule has 3 nitrogen and oxygen atoms in total. The van der Waals surface area contributed by atoms with Crippen molar-refractivity contribution in [3.63, 3.8) is 0 Å². The van der Waals surface area contributed by atoms with Gasteiger partial charge in [0.05, 0.1) is 6.04 Å². The molecule has 21 heavy (non-hydrogen) atoms. The molecule has 0 unspecified atom stereocenters. The second-order valence-electron chi connectivity index (χ2n) is 5.92. The van der Waals surface area contributed by atoms with E-state index in [1.807, 2.05) is 27.0 Å². The lowest BCUT2D eigenvalue weighted by Gasteiger charge is -2.23. The van der Waals surface area contributed by atoms with Crippen LogP contribution in [0.1, 0.15) is 19.4 Å². The number of carbonyl (C=O) groups excluding carboxylic acids is 1. The maximum absolute atomic E-state index is 12.2. The lowest BCUT2D eigenvalue weighted by atomic mass is 10.0. The number of fused-ring (bicyclic) bond motifs is 1. The molecule has 0 aliphatic heterocycles. The molecule has 2 aromatic rings. The van der Waals surface area contributed by atoms with Crippen LogP contribution in [0.15, 0.2) is 42.5 Å². The average Bonchev–Trinajstić information content (AvgIpc) is 2.50. The Kier molecular flexibility index (Phi) is 4.97. The zero-order chi connectivity index (χ0) is 15.4. The fraction of sp³-hybridized carbons (Fsp3) is 0.389. The Balaban J connectivity index is 2.07. The summed E-state index contributed by atoms with van der Waals surface area (Å²) >= 11 is 0. The Morgan fingerprint density at radius 1 is 1.14 bits per heavy atom. The van der Waals surface area contributed by atoms with Crippen LogP contribution in [-0.4, -0.2) is 30.4 Å². The third kappa shape index (κ3) is 3.61. The molecule has 2 rings (SSSR count). The molecule has 0 spiro atoms. The van der Waals surface area contributed by atoms with Crippen molar-refractivity contribution in [3.05, 3.63) is 48.0 Å². The van der Waals surface area contributed by atoms with Crippen molar-refractivity contribution in [2.45, 2.75) is 26.3 Å². The summed E-state index contributed by atoms with van der Waals surface area (Å²) in [6, 6.07) is 14.2. The van der Waals surface area contributed by atoms with Crippen LogP contribution in [0.2, 0.25) is 0 Å². The van der Waals surface area contributed by atoms with Gasteiger partial charge in [-0.15, -0.1) is 0 Å². The van der Waals surface area contributed by atoms with Gasteiger partial charge in [0.15, 0.2) is 0 Å². The number of hydrogen-bond acceptors (Lipinski definition) is 2. The number of nitrogens with zero attached hydrogens (tertiary/aromatic N) is 1. The van der Waals surface area contributed by atoms with Crippen LogP contribution in [-0.2, 0) is 11.2 Å². The van der Waals surface area contributed by atoms with E-state index in [9.17, 15) is 4.79 Å². The molecule has 1 amide bonds. The molecule has 0 radical (unpaired) electrons. The Morgan fingerprint density at radius 3 is 2.52 bits per heavy atom. The maximum atomic E-state index is 12.2. The fourth-order valence-corrected chi connectivity index (χ4v) is 2.45. The summed E-state index contributed by atoms with van der Waals surface area (Å²) in [5.41, 5.74) is 7.20. The van der Waals surface area contributed by atoms with E-state index in [0.29, 0.717) is 6.54 Å². The van der Waals surface area contributed by atoms with Gasteiger partial charge in [-0.2, -0.15) is 0 Å². The molecule has 3 heteroatoms. The Hall–Kier alpha value is -1.87. The minimum Gasteiger partial charge on any atom is -0.344 e. The van der Waals surface area contributed by atoms with Crippen LogP contribution in [0, 0.1) is 5.92 Å². The number of hydrogen-bond donors (Lipinski definition) is 1. The van der Waals surface area contributed by atoms with Gasteiger partial charge in [-0.05, 0) is 28.7 Å². The SMILES string of the molecule is CC(C)[C@H](N)C(=O)N(C)CCc1cccc2ccccc12. The predicted octanol–water partition coefficient (Wildman–Crippen LogP) is 2.82. The highest BCUT2D eigenvalue weighted by Crippen LogP contribution is 2.19. The van der Waals surface area contributed by atoms with Gasteiger partial charge >= 0.3 is 0 Å². The number of carbonyl (C=O) groups is 1. The largest absolute Gasteiger partial charge is 0.344 e. The van der Waals surface area contributed by atoms with Crippen LogP contribution >= 0.6 is 0 Å². The third-order valence-corrected chi connectivity index (χ3v) is 3.98. The predicted molar refractivity (Wildman–Crippen MR) is 88.1 cm³/mol. The molecule has 0 saturated heterocycles. The van der Waals surface area contributed by atoms with E-state index in [1.54, 1.807) is 4.90 Å².